The van der Waals surface area contributed by atoms with Crippen molar-refractivity contribution in [2.24, 2.45) is 0 Å². The number of thioether (sulfide) groups is 1. The number of imidazole rings is 1. The first-order valence-electron chi connectivity index (χ1n) is 11.1. The Bertz CT molecular complexity index is 1370. The summed E-state index contributed by atoms with van der Waals surface area (Å²) in [6.07, 6.45) is 0. The monoisotopic (exact) mass is 539 g/mol. The number of nitrogens with one attached hydrogen (secondary N) is 1. The summed E-state index contributed by atoms with van der Waals surface area (Å²) in [4.78, 5) is 29.5. The molecular weight excluding hydrogens is 517 g/mol. The normalized spacial score (nSPS) is 10.8. The van der Waals surface area contributed by atoms with E-state index in [1.807, 2.05) is 36.4 Å². The van der Waals surface area contributed by atoms with Gasteiger partial charge in [0, 0.05) is 28.3 Å². The number of Topliss-reactive ketones (excluding diaryl/α,β-unsaturated/α-hetero) is 1. The van der Waals surface area contributed by atoms with Gasteiger partial charge in [-0.1, -0.05) is 47.1 Å². The maximum atomic E-state index is 12.6. The Labute approximate surface area is 223 Å². The number of nitrogens with zero attached hydrogens (tertiary/aromatic N) is 2. The molecule has 0 aliphatic carbocycles. The van der Waals surface area contributed by atoms with Gasteiger partial charge in [-0.3, -0.25) is 14.2 Å². The summed E-state index contributed by atoms with van der Waals surface area (Å²) in [5.74, 6) is 0.512. The summed E-state index contributed by atoms with van der Waals surface area (Å²) in [5, 5.41) is 4.71. The molecule has 0 spiro atoms. The second kappa shape index (κ2) is 11.6. The molecule has 1 N–H and O–H groups in total. The van der Waals surface area contributed by atoms with Crippen LogP contribution in [0.5, 0.6) is 5.75 Å². The predicted molar refractivity (Wildman–Crippen MR) is 145 cm³/mol. The van der Waals surface area contributed by atoms with E-state index in [2.05, 4.69) is 10.3 Å². The van der Waals surface area contributed by atoms with Gasteiger partial charge in [0.1, 0.15) is 18.1 Å². The number of carbonyl (C=O) groups is 2. The molecule has 0 bridgehead atoms. The smallest absolute Gasteiger partial charge is 0.234 e. The SMILES string of the molecule is CC(=O)c1c(C)nc(SCC(=O)Nc2ccc(OCc3ccc(Cl)cc3)cc2)n1-c1ccc(Cl)cc1. The number of hydrogen-bond acceptors (Lipinski definition) is 5. The largest absolute Gasteiger partial charge is 0.489 e. The van der Waals surface area contributed by atoms with Gasteiger partial charge in [0.2, 0.25) is 5.91 Å². The minimum absolute atomic E-state index is 0.107. The summed E-state index contributed by atoms with van der Waals surface area (Å²) in [5.41, 5.74) is 3.50. The third kappa shape index (κ3) is 6.49. The summed E-state index contributed by atoms with van der Waals surface area (Å²) >= 11 is 13.2. The van der Waals surface area contributed by atoms with Crippen LogP contribution in [-0.2, 0) is 11.4 Å². The zero-order valence-corrected chi connectivity index (χ0v) is 22.0. The number of benzene rings is 3. The van der Waals surface area contributed by atoms with Crippen LogP contribution in [0.15, 0.2) is 78.0 Å². The number of aromatic nitrogens is 2. The van der Waals surface area contributed by atoms with Crippen molar-refractivity contribution < 1.29 is 14.3 Å². The summed E-state index contributed by atoms with van der Waals surface area (Å²) < 4.78 is 7.55. The molecule has 0 unspecified atom stereocenters. The molecule has 0 aliphatic rings. The number of rotatable bonds is 9. The van der Waals surface area contributed by atoms with Crippen molar-refractivity contribution in [2.45, 2.75) is 25.6 Å². The zero-order valence-electron chi connectivity index (χ0n) is 19.6. The lowest BCUT2D eigenvalue weighted by atomic mass is 10.2. The molecule has 9 heteroatoms. The number of hydrogen-bond donors (Lipinski definition) is 1. The van der Waals surface area contributed by atoms with Gasteiger partial charge >= 0.3 is 0 Å². The standard InChI is InChI=1S/C27H23Cl2N3O3S/c1-17-26(18(2)33)32(23-11-7-21(29)8-12-23)27(30-17)36-16-25(34)31-22-9-13-24(14-10-22)35-15-19-3-5-20(28)6-4-19/h3-14H,15-16H2,1-2H3,(H,31,34). The third-order valence-electron chi connectivity index (χ3n) is 5.23. The van der Waals surface area contributed by atoms with Crippen molar-refractivity contribution in [2.75, 3.05) is 11.1 Å². The summed E-state index contributed by atoms with van der Waals surface area (Å²) in [6.45, 7) is 3.70. The first-order chi connectivity index (χ1) is 17.3. The molecule has 0 radical (unpaired) electrons. The van der Waals surface area contributed by atoms with Gasteiger partial charge in [-0.2, -0.15) is 0 Å². The number of ketones is 1. The van der Waals surface area contributed by atoms with Crippen LogP contribution in [-0.4, -0.2) is 27.0 Å². The number of amides is 1. The van der Waals surface area contributed by atoms with Crippen LogP contribution in [0.25, 0.3) is 5.69 Å². The van der Waals surface area contributed by atoms with Crippen LogP contribution in [0.1, 0.15) is 28.7 Å². The Balaban J connectivity index is 1.38. The van der Waals surface area contributed by atoms with Gasteiger partial charge in [0.15, 0.2) is 10.9 Å². The van der Waals surface area contributed by atoms with Gasteiger partial charge in [-0.15, -0.1) is 0 Å². The fourth-order valence-corrected chi connectivity index (χ4v) is 4.66. The molecule has 4 aromatic rings. The molecule has 1 aromatic heterocycles. The van der Waals surface area contributed by atoms with Gasteiger partial charge in [-0.25, -0.2) is 4.98 Å². The van der Waals surface area contributed by atoms with E-state index in [1.54, 1.807) is 47.9 Å². The Morgan fingerprint density at radius 3 is 2.17 bits per heavy atom. The van der Waals surface area contributed by atoms with E-state index >= 15 is 0 Å². The molecule has 0 aliphatic heterocycles. The topological polar surface area (TPSA) is 73.2 Å². The molecule has 0 saturated heterocycles. The summed E-state index contributed by atoms with van der Waals surface area (Å²) in [7, 11) is 0. The van der Waals surface area contributed by atoms with Crippen molar-refractivity contribution in [1.82, 2.24) is 9.55 Å². The number of anilines is 1. The van der Waals surface area contributed by atoms with E-state index in [4.69, 9.17) is 27.9 Å². The Kier molecular flexibility index (Phi) is 8.36. The highest BCUT2D eigenvalue weighted by atomic mass is 35.5. The van der Waals surface area contributed by atoms with E-state index in [0.717, 1.165) is 11.3 Å². The summed E-state index contributed by atoms with van der Waals surface area (Å²) in [6, 6.07) is 21.8. The van der Waals surface area contributed by atoms with Crippen LogP contribution >= 0.6 is 35.0 Å². The fourth-order valence-electron chi connectivity index (χ4n) is 3.55. The highest BCUT2D eigenvalue weighted by Crippen LogP contribution is 2.27. The number of carbonyl (C=O) groups excluding carboxylic acids is 2. The van der Waals surface area contributed by atoms with Crippen molar-refractivity contribution in [1.29, 1.82) is 0 Å². The Morgan fingerprint density at radius 1 is 0.944 bits per heavy atom. The van der Waals surface area contributed by atoms with Gasteiger partial charge in [0.25, 0.3) is 0 Å². The highest BCUT2D eigenvalue weighted by molar-refractivity contribution is 7.99. The lowest BCUT2D eigenvalue weighted by Gasteiger charge is -2.11. The van der Waals surface area contributed by atoms with Crippen LogP contribution < -0.4 is 10.1 Å². The Hall–Kier alpha value is -3.26. The van der Waals surface area contributed by atoms with Crippen molar-refractivity contribution in [3.05, 3.63) is 99.8 Å². The van der Waals surface area contributed by atoms with Crippen molar-refractivity contribution in [3.8, 4) is 11.4 Å². The average Bonchev–Trinajstić information content (AvgIpc) is 3.20. The first-order valence-corrected chi connectivity index (χ1v) is 12.8. The molecular formula is C27H23Cl2N3O3S. The number of ether oxygens (including phenoxy) is 1. The molecule has 184 valence electrons. The first kappa shape index (κ1) is 25.8. The maximum absolute atomic E-state index is 12.6. The van der Waals surface area contributed by atoms with Crippen LogP contribution in [0.4, 0.5) is 5.69 Å². The van der Waals surface area contributed by atoms with E-state index in [0.29, 0.717) is 44.6 Å². The van der Waals surface area contributed by atoms with E-state index in [-0.39, 0.29) is 17.4 Å². The molecule has 36 heavy (non-hydrogen) atoms. The van der Waals surface area contributed by atoms with Crippen molar-refractivity contribution >= 4 is 52.3 Å². The molecule has 6 nitrogen and oxygen atoms in total. The van der Waals surface area contributed by atoms with Crippen molar-refractivity contribution in [3.63, 3.8) is 0 Å². The molecule has 0 atom stereocenters. The van der Waals surface area contributed by atoms with Crippen LogP contribution in [0.2, 0.25) is 10.0 Å². The van der Waals surface area contributed by atoms with E-state index in [1.165, 1.54) is 18.7 Å². The van der Waals surface area contributed by atoms with Crippen LogP contribution in [0.3, 0.4) is 0 Å². The molecule has 0 saturated carbocycles. The van der Waals surface area contributed by atoms with Gasteiger partial charge < -0.3 is 10.1 Å². The van der Waals surface area contributed by atoms with E-state index < -0.39 is 0 Å². The molecule has 3 aromatic carbocycles. The second-order valence-corrected chi connectivity index (χ2v) is 9.79. The van der Waals surface area contributed by atoms with E-state index in [9.17, 15) is 9.59 Å². The lowest BCUT2D eigenvalue weighted by molar-refractivity contribution is -0.113. The highest BCUT2D eigenvalue weighted by Gasteiger charge is 2.20. The second-order valence-electron chi connectivity index (χ2n) is 7.97. The Morgan fingerprint density at radius 2 is 1.56 bits per heavy atom. The van der Waals surface area contributed by atoms with Gasteiger partial charge in [-0.05, 0) is 73.2 Å². The maximum Gasteiger partial charge on any atom is 0.234 e. The number of halogens is 2. The molecule has 1 heterocycles. The zero-order chi connectivity index (χ0) is 25.7. The minimum atomic E-state index is -0.192. The lowest BCUT2D eigenvalue weighted by Crippen LogP contribution is -2.15. The van der Waals surface area contributed by atoms with Crippen LogP contribution in [0, 0.1) is 6.92 Å². The third-order valence-corrected chi connectivity index (χ3v) is 6.67. The minimum Gasteiger partial charge on any atom is -0.489 e. The molecule has 0 fully saturated rings. The molecule has 4 rings (SSSR count). The predicted octanol–water partition coefficient (Wildman–Crippen LogP) is 7.00. The number of aryl methyl sites for hydroxylation is 1. The molecule has 1 amide bonds. The fraction of sp³-hybridized carbons (Fsp3) is 0.148. The average molecular weight is 540 g/mol. The quantitative estimate of drug-likeness (QED) is 0.183. The van der Waals surface area contributed by atoms with Gasteiger partial charge in [0.05, 0.1) is 11.4 Å².